The molecular formula is C19H15ClN4O7. The molecule has 0 atom stereocenters. The Kier molecular flexibility index (Phi) is 5.69. The van der Waals surface area contributed by atoms with Crippen LogP contribution in [0, 0.1) is 10.1 Å². The van der Waals surface area contributed by atoms with E-state index in [4.69, 9.17) is 30.5 Å². The SMILES string of the molecule is COCCOc1nc(-c2ccc3c(c2)OCO3)n(C(=O)c2ccc([N+](=O)[O-])cc2Cl)n1. The molecule has 160 valence electrons. The van der Waals surface area contributed by atoms with Crippen molar-refractivity contribution in [1.82, 2.24) is 14.8 Å². The first-order chi connectivity index (χ1) is 15.0. The number of carbonyl (C=O) groups is 1. The molecule has 0 fully saturated rings. The van der Waals surface area contributed by atoms with Gasteiger partial charge in [-0.3, -0.25) is 14.9 Å². The molecule has 0 amide bonds. The zero-order valence-corrected chi connectivity index (χ0v) is 16.9. The second kappa shape index (κ2) is 8.58. The van der Waals surface area contributed by atoms with Crippen LogP contribution >= 0.6 is 11.6 Å². The Morgan fingerprint density at radius 1 is 1.23 bits per heavy atom. The van der Waals surface area contributed by atoms with E-state index in [1.54, 1.807) is 18.2 Å². The Balaban J connectivity index is 1.75. The number of nitro groups is 1. The molecule has 0 saturated heterocycles. The standard InChI is InChI=1S/C19H15ClN4O7/c1-28-6-7-29-19-21-17(11-2-5-15-16(8-11)31-10-30-15)23(22-19)18(25)13-4-3-12(24(26)27)9-14(13)20/h2-5,8-9H,6-7,10H2,1H3. The molecule has 2 heterocycles. The number of nitrogens with zero attached hydrogens (tertiary/aromatic N) is 4. The molecule has 0 unspecified atom stereocenters. The predicted molar refractivity (Wildman–Crippen MR) is 107 cm³/mol. The normalized spacial score (nSPS) is 12.1. The van der Waals surface area contributed by atoms with Crippen LogP contribution in [0.2, 0.25) is 5.02 Å². The maximum absolute atomic E-state index is 13.2. The van der Waals surface area contributed by atoms with E-state index in [1.165, 1.54) is 19.2 Å². The van der Waals surface area contributed by atoms with Crippen molar-refractivity contribution in [1.29, 1.82) is 0 Å². The lowest BCUT2D eigenvalue weighted by atomic mass is 10.1. The number of fused-ring (bicyclic) bond motifs is 1. The molecule has 0 bridgehead atoms. The maximum atomic E-state index is 13.2. The van der Waals surface area contributed by atoms with Gasteiger partial charge in [0.2, 0.25) is 6.79 Å². The van der Waals surface area contributed by atoms with Gasteiger partial charge in [-0.05, 0) is 24.3 Å². The minimum atomic E-state index is -0.637. The van der Waals surface area contributed by atoms with Crippen molar-refractivity contribution in [3.63, 3.8) is 0 Å². The number of hydrogen-bond acceptors (Lipinski definition) is 9. The second-order valence-electron chi connectivity index (χ2n) is 6.27. The van der Waals surface area contributed by atoms with Crippen LogP contribution in [0.1, 0.15) is 10.4 Å². The average Bonchev–Trinajstić information content (AvgIpc) is 3.39. The lowest BCUT2D eigenvalue weighted by Gasteiger charge is -2.07. The number of benzene rings is 2. The molecule has 11 nitrogen and oxygen atoms in total. The summed E-state index contributed by atoms with van der Waals surface area (Å²) in [5.74, 6) is 0.595. The Hall–Kier alpha value is -3.70. The summed E-state index contributed by atoms with van der Waals surface area (Å²) >= 11 is 6.13. The fourth-order valence-corrected chi connectivity index (χ4v) is 3.10. The van der Waals surface area contributed by atoms with Gasteiger partial charge >= 0.3 is 6.01 Å². The number of methoxy groups -OCH3 is 1. The molecular weight excluding hydrogens is 432 g/mol. The van der Waals surface area contributed by atoms with Crippen LogP contribution < -0.4 is 14.2 Å². The minimum Gasteiger partial charge on any atom is -0.460 e. The van der Waals surface area contributed by atoms with Gasteiger partial charge in [-0.2, -0.15) is 9.67 Å². The van der Waals surface area contributed by atoms with Gasteiger partial charge in [-0.1, -0.05) is 11.6 Å². The highest BCUT2D eigenvalue weighted by Gasteiger charge is 2.24. The number of ether oxygens (including phenoxy) is 4. The van der Waals surface area contributed by atoms with Gasteiger partial charge in [0.15, 0.2) is 17.3 Å². The van der Waals surface area contributed by atoms with E-state index >= 15 is 0 Å². The fourth-order valence-electron chi connectivity index (χ4n) is 2.84. The Morgan fingerprint density at radius 2 is 2.03 bits per heavy atom. The van der Waals surface area contributed by atoms with Crippen molar-refractivity contribution >= 4 is 23.2 Å². The molecule has 31 heavy (non-hydrogen) atoms. The number of rotatable bonds is 7. The number of nitro benzene ring substituents is 1. The van der Waals surface area contributed by atoms with E-state index in [1.807, 2.05) is 0 Å². The van der Waals surface area contributed by atoms with Gasteiger partial charge in [0, 0.05) is 24.8 Å². The third-order valence-corrected chi connectivity index (χ3v) is 4.64. The van der Waals surface area contributed by atoms with Gasteiger partial charge < -0.3 is 18.9 Å². The van der Waals surface area contributed by atoms with Gasteiger partial charge in [-0.25, -0.2) is 0 Å². The zero-order valence-electron chi connectivity index (χ0n) is 16.1. The lowest BCUT2D eigenvalue weighted by molar-refractivity contribution is -0.384. The van der Waals surface area contributed by atoms with Crippen LogP contribution in [0.25, 0.3) is 11.4 Å². The summed E-state index contributed by atoms with van der Waals surface area (Å²) in [5.41, 5.74) is 0.298. The molecule has 0 spiro atoms. The van der Waals surface area contributed by atoms with Crippen molar-refractivity contribution in [3.8, 4) is 28.9 Å². The summed E-state index contributed by atoms with van der Waals surface area (Å²) in [7, 11) is 1.52. The van der Waals surface area contributed by atoms with E-state index in [2.05, 4.69) is 10.1 Å². The minimum absolute atomic E-state index is 0.0163. The summed E-state index contributed by atoms with van der Waals surface area (Å²) in [4.78, 5) is 27.8. The van der Waals surface area contributed by atoms with Gasteiger partial charge in [-0.15, -0.1) is 5.10 Å². The third-order valence-electron chi connectivity index (χ3n) is 4.32. The van der Waals surface area contributed by atoms with Crippen molar-refractivity contribution in [2.24, 2.45) is 0 Å². The largest absolute Gasteiger partial charge is 0.460 e. The highest BCUT2D eigenvalue weighted by atomic mass is 35.5. The second-order valence-corrected chi connectivity index (χ2v) is 6.67. The van der Waals surface area contributed by atoms with E-state index in [9.17, 15) is 14.9 Å². The first-order valence-electron chi connectivity index (χ1n) is 8.95. The lowest BCUT2D eigenvalue weighted by Crippen LogP contribution is -2.16. The molecule has 0 aliphatic carbocycles. The number of non-ortho nitro benzene ring substituents is 1. The Labute approximate surface area is 180 Å². The van der Waals surface area contributed by atoms with Crippen molar-refractivity contribution in [3.05, 3.63) is 57.1 Å². The average molecular weight is 447 g/mol. The number of aromatic nitrogens is 3. The van der Waals surface area contributed by atoms with Crippen LogP contribution in [-0.4, -0.2) is 52.7 Å². The van der Waals surface area contributed by atoms with Crippen LogP contribution in [0.15, 0.2) is 36.4 Å². The maximum Gasteiger partial charge on any atom is 0.336 e. The quantitative estimate of drug-likeness (QED) is 0.305. The molecule has 1 aliphatic rings. The summed E-state index contributed by atoms with van der Waals surface area (Å²) in [6.45, 7) is 0.567. The monoisotopic (exact) mass is 446 g/mol. The molecule has 0 saturated carbocycles. The summed E-state index contributed by atoms with van der Waals surface area (Å²) in [6, 6.07) is 8.54. The highest BCUT2D eigenvalue weighted by molar-refractivity contribution is 6.34. The summed E-state index contributed by atoms with van der Waals surface area (Å²) in [5, 5.41) is 15.0. The van der Waals surface area contributed by atoms with E-state index in [-0.39, 0.29) is 41.5 Å². The first kappa shape index (κ1) is 20.6. The van der Waals surface area contributed by atoms with Gasteiger partial charge in [0.1, 0.15) is 6.61 Å². The zero-order chi connectivity index (χ0) is 22.0. The molecule has 1 aliphatic heterocycles. The Bertz CT molecular complexity index is 1160. The van der Waals surface area contributed by atoms with Crippen LogP contribution in [-0.2, 0) is 4.74 Å². The summed E-state index contributed by atoms with van der Waals surface area (Å²) in [6.07, 6.45) is 0. The van der Waals surface area contributed by atoms with E-state index in [0.29, 0.717) is 23.7 Å². The molecule has 1 aromatic heterocycles. The van der Waals surface area contributed by atoms with E-state index < -0.39 is 10.8 Å². The predicted octanol–water partition coefficient (Wildman–Crippen LogP) is 2.95. The third kappa shape index (κ3) is 4.13. The Morgan fingerprint density at radius 3 is 2.77 bits per heavy atom. The van der Waals surface area contributed by atoms with E-state index in [0.717, 1.165) is 10.7 Å². The number of halogens is 1. The van der Waals surface area contributed by atoms with Crippen molar-refractivity contribution < 1.29 is 28.7 Å². The van der Waals surface area contributed by atoms with Crippen molar-refractivity contribution in [2.45, 2.75) is 0 Å². The van der Waals surface area contributed by atoms with Crippen LogP contribution in [0.4, 0.5) is 5.69 Å². The van der Waals surface area contributed by atoms with Crippen molar-refractivity contribution in [2.75, 3.05) is 27.1 Å². The fraction of sp³-hybridized carbons (Fsp3) is 0.211. The molecule has 3 aromatic rings. The van der Waals surface area contributed by atoms with Crippen LogP contribution in [0.5, 0.6) is 17.5 Å². The summed E-state index contributed by atoms with van der Waals surface area (Å²) < 4.78 is 22.1. The number of carbonyl (C=O) groups excluding carboxylic acids is 1. The molecule has 12 heteroatoms. The van der Waals surface area contributed by atoms with Gasteiger partial charge in [0.05, 0.1) is 22.1 Å². The molecule has 0 N–H and O–H groups in total. The molecule has 2 aromatic carbocycles. The topological polar surface area (TPSA) is 128 Å². The number of hydrogen-bond donors (Lipinski definition) is 0. The smallest absolute Gasteiger partial charge is 0.336 e. The molecule has 0 radical (unpaired) electrons. The van der Waals surface area contributed by atoms with Crippen LogP contribution in [0.3, 0.4) is 0 Å². The first-order valence-corrected chi connectivity index (χ1v) is 9.33. The highest BCUT2D eigenvalue weighted by Crippen LogP contribution is 2.36. The molecule has 4 rings (SSSR count). The van der Waals surface area contributed by atoms with Gasteiger partial charge in [0.25, 0.3) is 11.6 Å².